The van der Waals surface area contributed by atoms with Crippen molar-refractivity contribution in [2.75, 3.05) is 14.2 Å². The highest BCUT2D eigenvalue weighted by Gasteiger charge is 2.69. The fourth-order valence-corrected chi connectivity index (χ4v) is 5.56. The van der Waals surface area contributed by atoms with Gasteiger partial charge in [0.25, 0.3) is 5.91 Å². The summed E-state index contributed by atoms with van der Waals surface area (Å²) in [7, 11) is 3.52. The molecule has 150 valence electrons. The van der Waals surface area contributed by atoms with Crippen molar-refractivity contribution >= 4 is 23.2 Å². The van der Waals surface area contributed by atoms with Gasteiger partial charge in [-0.25, -0.2) is 0 Å². The smallest absolute Gasteiger partial charge is 0.263 e. The van der Waals surface area contributed by atoms with Crippen LogP contribution >= 0.6 is 12.2 Å². The van der Waals surface area contributed by atoms with Crippen molar-refractivity contribution < 1.29 is 14.3 Å². The van der Waals surface area contributed by atoms with E-state index in [0.29, 0.717) is 5.11 Å². The van der Waals surface area contributed by atoms with Gasteiger partial charge in [-0.3, -0.25) is 9.69 Å². The quantitative estimate of drug-likeness (QED) is 0.786. The number of carbonyl (C=O) groups is 1. The first kappa shape index (κ1) is 18.4. The van der Waals surface area contributed by atoms with Crippen LogP contribution in [0.3, 0.4) is 0 Å². The lowest BCUT2D eigenvalue weighted by atomic mass is 9.68. The maximum absolute atomic E-state index is 13.6. The monoisotopic (exact) mass is 400 g/mol. The summed E-state index contributed by atoms with van der Waals surface area (Å²) in [5.74, 6) is 1.72. The van der Waals surface area contributed by atoms with Gasteiger partial charge in [0.05, 0.1) is 6.10 Å². The number of benzene rings is 1. The van der Waals surface area contributed by atoms with Crippen molar-refractivity contribution in [3.63, 3.8) is 0 Å². The van der Waals surface area contributed by atoms with Gasteiger partial charge in [0, 0.05) is 19.7 Å². The number of hydrogen-bond donors (Lipinski definition) is 1. The molecular weight excluding hydrogens is 372 g/mol. The average molecular weight is 401 g/mol. The van der Waals surface area contributed by atoms with Crippen LogP contribution in [0.25, 0.3) is 0 Å². The Balaban J connectivity index is 1.56. The number of rotatable bonds is 4. The summed E-state index contributed by atoms with van der Waals surface area (Å²) < 4.78 is 12.2. The number of methoxy groups -OCH3 is 1. The largest absolute Gasteiger partial charge is 0.483 e. The first-order chi connectivity index (χ1) is 13.5. The lowest BCUT2D eigenvalue weighted by Gasteiger charge is -2.44. The van der Waals surface area contributed by atoms with Crippen LogP contribution in [0.4, 0.5) is 0 Å². The SMILES string of the molecule is COC1CCC2(CC1)Oc1ccc(CCC3CC3)cc1C21NC(=S)N(C)C1=O. The number of carbonyl (C=O) groups excluding carboxylic acids is 1. The number of nitrogens with one attached hydrogen (secondary N) is 1. The molecule has 6 heteroatoms. The van der Waals surface area contributed by atoms with Gasteiger partial charge in [-0.15, -0.1) is 0 Å². The third-order valence-corrected chi connectivity index (χ3v) is 7.65. The minimum absolute atomic E-state index is 0.00598. The molecule has 2 aliphatic heterocycles. The summed E-state index contributed by atoms with van der Waals surface area (Å²) in [5, 5.41) is 3.91. The summed E-state index contributed by atoms with van der Waals surface area (Å²) in [6.45, 7) is 0. The van der Waals surface area contributed by atoms with E-state index in [1.165, 1.54) is 24.8 Å². The zero-order chi connectivity index (χ0) is 19.5. The zero-order valence-electron chi connectivity index (χ0n) is 16.6. The molecule has 2 aliphatic carbocycles. The Hall–Kier alpha value is -1.66. The van der Waals surface area contributed by atoms with E-state index in [4.69, 9.17) is 21.7 Å². The van der Waals surface area contributed by atoms with Gasteiger partial charge in [0.2, 0.25) is 0 Å². The van der Waals surface area contributed by atoms with Crippen LogP contribution in [-0.2, 0) is 21.5 Å². The standard InChI is InChI=1S/C22H28N2O3S/c1-24-19(25)22(23-20(24)28)17-13-15(6-5-14-3-4-14)7-8-18(17)27-21(22)11-9-16(26-2)10-12-21/h7-8,13-14,16H,3-6,9-12H2,1-2H3,(H,23,28). The number of hydrogen-bond acceptors (Lipinski definition) is 4. The minimum Gasteiger partial charge on any atom is -0.483 e. The molecule has 5 nitrogen and oxygen atoms in total. The molecule has 1 saturated heterocycles. The van der Waals surface area contributed by atoms with E-state index < -0.39 is 11.1 Å². The number of aryl methyl sites for hydroxylation is 1. The minimum atomic E-state index is -0.914. The van der Waals surface area contributed by atoms with E-state index in [0.717, 1.165) is 49.3 Å². The van der Waals surface area contributed by atoms with E-state index in [1.54, 1.807) is 19.1 Å². The van der Waals surface area contributed by atoms with Gasteiger partial charge in [-0.1, -0.05) is 18.9 Å². The fraction of sp³-hybridized carbons (Fsp3) is 0.636. The molecule has 2 heterocycles. The van der Waals surface area contributed by atoms with Gasteiger partial charge >= 0.3 is 0 Å². The van der Waals surface area contributed by atoms with Gasteiger partial charge in [0.1, 0.15) is 11.4 Å². The van der Waals surface area contributed by atoms with Crippen molar-refractivity contribution in [3.8, 4) is 5.75 Å². The fourth-order valence-electron chi connectivity index (χ4n) is 5.33. The molecule has 4 aliphatic rings. The van der Waals surface area contributed by atoms with Crippen LogP contribution in [0.5, 0.6) is 5.75 Å². The highest BCUT2D eigenvalue weighted by atomic mass is 32.1. The number of ether oxygens (including phenoxy) is 2. The number of thiocarbonyl (C=S) groups is 1. The van der Waals surface area contributed by atoms with Crippen LogP contribution in [0.1, 0.15) is 56.1 Å². The number of fused-ring (bicyclic) bond motifs is 3. The second-order valence-corrected chi connectivity index (χ2v) is 9.27. The lowest BCUT2D eigenvalue weighted by molar-refractivity contribution is -0.141. The van der Waals surface area contributed by atoms with Gasteiger partial charge < -0.3 is 14.8 Å². The predicted octanol–water partition coefficient (Wildman–Crippen LogP) is 3.29. The van der Waals surface area contributed by atoms with Crippen molar-refractivity contribution in [1.82, 2.24) is 10.2 Å². The third kappa shape index (κ3) is 2.53. The molecule has 1 aromatic rings. The lowest BCUT2D eigenvalue weighted by Crippen LogP contribution is -2.62. The molecule has 1 atom stereocenters. The second kappa shape index (κ2) is 6.42. The molecule has 1 unspecified atom stereocenters. The number of likely N-dealkylation sites (N-methyl/N-ethyl adjacent to an activating group) is 1. The first-order valence-corrected chi connectivity index (χ1v) is 10.9. The normalized spacial score (nSPS) is 34.1. The Morgan fingerprint density at radius 3 is 2.64 bits per heavy atom. The van der Waals surface area contributed by atoms with E-state index in [-0.39, 0.29) is 12.0 Å². The molecule has 0 bridgehead atoms. The van der Waals surface area contributed by atoms with Crippen molar-refractivity contribution in [1.29, 1.82) is 0 Å². The highest BCUT2D eigenvalue weighted by molar-refractivity contribution is 7.80. The average Bonchev–Trinajstić information content (AvgIpc) is 3.47. The van der Waals surface area contributed by atoms with E-state index in [9.17, 15) is 4.79 Å². The van der Waals surface area contributed by atoms with Gasteiger partial charge in [-0.05, 0) is 74.4 Å². The van der Waals surface area contributed by atoms with Crippen LogP contribution in [0.15, 0.2) is 18.2 Å². The van der Waals surface area contributed by atoms with Crippen molar-refractivity contribution in [3.05, 3.63) is 29.3 Å². The van der Waals surface area contributed by atoms with Crippen molar-refractivity contribution in [2.45, 2.75) is 68.6 Å². The molecule has 3 fully saturated rings. The van der Waals surface area contributed by atoms with Crippen LogP contribution in [0, 0.1) is 5.92 Å². The van der Waals surface area contributed by atoms with E-state index >= 15 is 0 Å². The molecule has 1 amide bonds. The first-order valence-electron chi connectivity index (χ1n) is 10.4. The Bertz CT molecular complexity index is 829. The maximum Gasteiger partial charge on any atom is 0.263 e. The van der Waals surface area contributed by atoms with E-state index in [1.807, 2.05) is 0 Å². The topological polar surface area (TPSA) is 50.8 Å². The molecule has 1 aromatic carbocycles. The Kier molecular flexibility index (Phi) is 4.22. The van der Waals surface area contributed by atoms with Crippen LogP contribution in [0.2, 0.25) is 0 Å². The summed E-state index contributed by atoms with van der Waals surface area (Å²) in [6, 6.07) is 6.42. The molecule has 0 radical (unpaired) electrons. The number of nitrogens with zero attached hydrogens (tertiary/aromatic N) is 1. The Morgan fingerprint density at radius 1 is 1.29 bits per heavy atom. The predicted molar refractivity (Wildman–Crippen MR) is 110 cm³/mol. The molecule has 2 saturated carbocycles. The molecular formula is C22H28N2O3S. The zero-order valence-corrected chi connectivity index (χ0v) is 17.4. The highest BCUT2D eigenvalue weighted by Crippen LogP contribution is 2.56. The van der Waals surface area contributed by atoms with Gasteiger partial charge in [-0.2, -0.15) is 0 Å². The third-order valence-electron chi connectivity index (χ3n) is 7.27. The van der Waals surface area contributed by atoms with Gasteiger partial charge in [0.15, 0.2) is 10.7 Å². The Morgan fingerprint density at radius 2 is 2.04 bits per heavy atom. The molecule has 28 heavy (non-hydrogen) atoms. The molecule has 2 spiro atoms. The summed E-state index contributed by atoms with van der Waals surface area (Å²) in [4.78, 5) is 15.2. The summed E-state index contributed by atoms with van der Waals surface area (Å²) >= 11 is 5.50. The van der Waals surface area contributed by atoms with Crippen LogP contribution < -0.4 is 10.1 Å². The summed E-state index contributed by atoms with van der Waals surface area (Å²) in [5.41, 5.74) is 0.730. The second-order valence-electron chi connectivity index (χ2n) is 8.89. The Labute approximate surface area is 171 Å². The summed E-state index contributed by atoms with van der Waals surface area (Å²) in [6.07, 6.45) is 8.54. The maximum atomic E-state index is 13.6. The number of amides is 1. The molecule has 0 aromatic heterocycles. The molecule has 5 rings (SSSR count). The van der Waals surface area contributed by atoms with E-state index in [2.05, 4.69) is 23.5 Å². The van der Waals surface area contributed by atoms with Crippen LogP contribution in [-0.4, -0.2) is 41.8 Å². The molecule has 1 N–H and O–H groups in total. The van der Waals surface area contributed by atoms with Crippen molar-refractivity contribution in [2.24, 2.45) is 5.92 Å².